The fourth-order valence-corrected chi connectivity index (χ4v) is 4.64. The van der Waals surface area contributed by atoms with E-state index in [-0.39, 0.29) is 0 Å². The van der Waals surface area contributed by atoms with Crippen LogP contribution >= 0.6 is 35.3 Å². The number of rotatable bonds is 6. The van der Waals surface area contributed by atoms with Gasteiger partial charge in [0.1, 0.15) is 0 Å². The summed E-state index contributed by atoms with van der Waals surface area (Å²) in [5, 5.41) is 11.7. The fraction of sp³-hybridized carbons (Fsp3) is 0.222. The molecule has 0 amide bonds. The van der Waals surface area contributed by atoms with Gasteiger partial charge in [-0.25, -0.2) is 0 Å². The molecule has 2 aromatic carbocycles. The van der Waals surface area contributed by atoms with Crippen molar-refractivity contribution in [1.82, 2.24) is 5.32 Å². The van der Waals surface area contributed by atoms with E-state index in [4.69, 9.17) is 11.1 Å². The maximum absolute atomic E-state index is 7.74. The van der Waals surface area contributed by atoms with Crippen molar-refractivity contribution in [3.63, 3.8) is 0 Å². The van der Waals surface area contributed by atoms with E-state index in [1.165, 1.54) is 32.7 Å². The van der Waals surface area contributed by atoms with Crippen molar-refractivity contribution < 1.29 is 0 Å². The van der Waals surface area contributed by atoms with E-state index in [0.29, 0.717) is 10.3 Å². The molecule has 0 spiro atoms. The van der Waals surface area contributed by atoms with Crippen molar-refractivity contribution in [2.45, 2.75) is 21.3 Å². The Bertz CT molecular complexity index is 747. The first-order valence-corrected chi connectivity index (χ1v) is 10.5. The van der Waals surface area contributed by atoms with Gasteiger partial charge in [0.2, 0.25) is 0 Å². The van der Waals surface area contributed by atoms with Crippen molar-refractivity contribution >= 4 is 45.6 Å². The van der Waals surface area contributed by atoms with Crippen LogP contribution in [0.25, 0.3) is 0 Å². The number of nitrogens with one attached hydrogen (secondary N) is 2. The summed E-state index contributed by atoms with van der Waals surface area (Å²) in [5.74, 6) is 1.57. The first-order chi connectivity index (χ1) is 12.1. The predicted octanol–water partition coefficient (Wildman–Crippen LogP) is 4.40. The molecule has 7 heteroatoms. The van der Waals surface area contributed by atoms with Crippen LogP contribution in [0.3, 0.4) is 0 Å². The van der Waals surface area contributed by atoms with Crippen molar-refractivity contribution in [2.24, 2.45) is 10.7 Å². The van der Waals surface area contributed by atoms with Gasteiger partial charge in [-0.2, -0.15) is 0 Å². The van der Waals surface area contributed by atoms with Gasteiger partial charge in [-0.05, 0) is 23.3 Å². The number of thioether (sulfide) groups is 2. The second-order valence-electron chi connectivity index (χ2n) is 5.04. The van der Waals surface area contributed by atoms with Gasteiger partial charge < -0.3 is 11.1 Å². The highest BCUT2D eigenvalue weighted by atomic mass is 32.2. The minimum absolute atomic E-state index is 0.478. The zero-order valence-corrected chi connectivity index (χ0v) is 16.7. The van der Waals surface area contributed by atoms with Crippen LogP contribution in [0.2, 0.25) is 0 Å². The predicted molar refractivity (Wildman–Crippen MR) is 114 cm³/mol. The highest BCUT2D eigenvalue weighted by molar-refractivity contribution is 8.13. The Morgan fingerprint density at radius 3 is 2.04 bits per heavy atom. The lowest BCUT2D eigenvalue weighted by Gasteiger charge is -2.12. The van der Waals surface area contributed by atoms with Gasteiger partial charge in [0.25, 0.3) is 0 Å². The molecule has 0 aliphatic carbocycles. The molecule has 4 N–H and O–H groups in total. The monoisotopic (exact) mass is 390 g/mol. The third-order valence-corrected chi connectivity index (χ3v) is 6.48. The SMILES string of the molecule is CN=C(N)SCc1ccccc1Sc1ccccc1CSC(=N)NC. The molecule has 0 atom stereocenters. The lowest BCUT2D eigenvalue weighted by atomic mass is 10.2. The van der Waals surface area contributed by atoms with Crippen LogP contribution in [0.1, 0.15) is 11.1 Å². The van der Waals surface area contributed by atoms with E-state index in [1.807, 2.05) is 6.07 Å². The minimum atomic E-state index is 0.478. The molecule has 2 rings (SSSR count). The molecule has 0 radical (unpaired) electrons. The molecular weight excluding hydrogens is 368 g/mol. The van der Waals surface area contributed by atoms with Gasteiger partial charge in [0.05, 0.1) is 0 Å². The number of hydrogen-bond acceptors (Lipinski definition) is 5. The van der Waals surface area contributed by atoms with Gasteiger partial charge in [-0.15, -0.1) is 0 Å². The first kappa shape index (κ1) is 19.8. The van der Waals surface area contributed by atoms with Crippen LogP contribution in [-0.2, 0) is 11.5 Å². The molecule has 0 fully saturated rings. The molecule has 132 valence electrons. The van der Waals surface area contributed by atoms with E-state index >= 15 is 0 Å². The zero-order chi connectivity index (χ0) is 18.1. The van der Waals surface area contributed by atoms with E-state index in [1.54, 1.807) is 37.6 Å². The molecule has 0 aliphatic heterocycles. The van der Waals surface area contributed by atoms with Gasteiger partial charge >= 0.3 is 0 Å². The summed E-state index contributed by atoms with van der Waals surface area (Å²) < 4.78 is 0. The summed E-state index contributed by atoms with van der Waals surface area (Å²) in [5.41, 5.74) is 8.28. The van der Waals surface area contributed by atoms with Gasteiger partial charge in [-0.3, -0.25) is 10.4 Å². The van der Waals surface area contributed by atoms with Crippen LogP contribution in [0.5, 0.6) is 0 Å². The molecule has 2 aromatic rings. The smallest absolute Gasteiger partial charge is 0.153 e. The second-order valence-corrected chi connectivity index (χ2v) is 8.10. The number of nitrogens with zero attached hydrogens (tertiary/aromatic N) is 1. The van der Waals surface area contributed by atoms with Crippen LogP contribution in [0, 0.1) is 5.41 Å². The number of hydrogen-bond donors (Lipinski definition) is 3. The summed E-state index contributed by atoms with van der Waals surface area (Å²) in [6.45, 7) is 0. The molecule has 0 unspecified atom stereocenters. The summed E-state index contributed by atoms with van der Waals surface area (Å²) in [7, 11) is 3.48. The Labute approximate surface area is 162 Å². The zero-order valence-electron chi connectivity index (χ0n) is 14.3. The number of benzene rings is 2. The van der Waals surface area contributed by atoms with E-state index in [9.17, 15) is 0 Å². The molecular formula is C18H22N4S3. The van der Waals surface area contributed by atoms with Crippen LogP contribution in [0.4, 0.5) is 0 Å². The third-order valence-electron chi connectivity index (χ3n) is 3.36. The number of aliphatic imine (C=N–C) groups is 1. The van der Waals surface area contributed by atoms with Crippen molar-refractivity contribution in [1.29, 1.82) is 5.41 Å². The van der Waals surface area contributed by atoms with E-state index in [2.05, 4.69) is 52.8 Å². The standard InChI is InChI=1S/C18H22N4S3/c1-21-17(19)23-11-13-7-3-5-9-15(13)25-16-10-6-4-8-14(16)12-24-18(20)22-2/h3-10H,11-12H2,1-2H3,(H2,19,21)(H2,20,22). The topological polar surface area (TPSA) is 74.3 Å². The lowest BCUT2D eigenvalue weighted by Crippen LogP contribution is -2.12. The molecule has 0 saturated carbocycles. The van der Waals surface area contributed by atoms with Gasteiger partial charge in [0, 0.05) is 35.4 Å². The largest absolute Gasteiger partial charge is 0.379 e. The number of nitrogens with two attached hydrogens (primary N) is 1. The van der Waals surface area contributed by atoms with Gasteiger partial charge in [0.15, 0.2) is 10.3 Å². The summed E-state index contributed by atoms with van der Waals surface area (Å²) >= 11 is 4.81. The van der Waals surface area contributed by atoms with Crippen LogP contribution < -0.4 is 11.1 Å². The number of amidine groups is 2. The fourth-order valence-electron chi connectivity index (χ4n) is 2.00. The molecule has 0 saturated heterocycles. The first-order valence-electron chi connectivity index (χ1n) is 7.72. The maximum Gasteiger partial charge on any atom is 0.153 e. The highest BCUT2D eigenvalue weighted by Gasteiger charge is 2.09. The van der Waals surface area contributed by atoms with Crippen molar-refractivity contribution in [3.8, 4) is 0 Å². The Morgan fingerprint density at radius 2 is 1.52 bits per heavy atom. The molecule has 0 bridgehead atoms. The summed E-state index contributed by atoms with van der Waals surface area (Å²) in [6, 6.07) is 16.7. The van der Waals surface area contributed by atoms with Crippen molar-refractivity contribution in [3.05, 3.63) is 59.7 Å². The van der Waals surface area contributed by atoms with Crippen LogP contribution in [0.15, 0.2) is 63.3 Å². The molecule has 0 aromatic heterocycles. The normalized spacial score (nSPS) is 11.4. The third kappa shape index (κ3) is 6.34. The highest BCUT2D eigenvalue weighted by Crippen LogP contribution is 2.35. The summed E-state index contributed by atoms with van der Waals surface area (Å²) in [6.07, 6.45) is 0. The molecule has 0 aliphatic rings. The van der Waals surface area contributed by atoms with E-state index < -0.39 is 0 Å². The quantitative estimate of drug-likeness (QED) is 0.503. The van der Waals surface area contributed by atoms with Gasteiger partial charge in [-0.1, -0.05) is 71.7 Å². The van der Waals surface area contributed by atoms with Crippen LogP contribution in [-0.4, -0.2) is 24.4 Å². The summed E-state index contributed by atoms with van der Waals surface area (Å²) in [4.78, 5) is 6.44. The average Bonchev–Trinajstić information content (AvgIpc) is 2.66. The molecule has 25 heavy (non-hydrogen) atoms. The Balaban J connectivity index is 2.15. The molecule has 0 heterocycles. The maximum atomic E-state index is 7.74. The second kappa shape index (κ2) is 10.4. The Hall–Kier alpha value is -1.57. The Kier molecular flexibility index (Phi) is 8.24. The van der Waals surface area contributed by atoms with Crippen molar-refractivity contribution in [2.75, 3.05) is 14.1 Å². The van der Waals surface area contributed by atoms with E-state index in [0.717, 1.165) is 11.5 Å². The average molecular weight is 391 g/mol. The lowest BCUT2D eigenvalue weighted by molar-refractivity contribution is 1.17. The Morgan fingerprint density at radius 1 is 1.00 bits per heavy atom. The minimum Gasteiger partial charge on any atom is -0.379 e. The molecule has 4 nitrogen and oxygen atoms in total.